The first-order valence-electron chi connectivity index (χ1n) is 14.7. The number of carbonyl (C=O) groups is 1. The topological polar surface area (TPSA) is 137 Å². The van der Waals surface area contributed by atoms with E-state index in [4.69, 9.17) is 9.47 Å². The zero-order valence-electron chi connectivity index (χ0n) is 24.5. The van der Waals surface area contributed by atoms with Crippen LogP contribution >= 0.6 is 11.8 Å². The fraction of sp³-hybridized carbons (Fsp3) is 0.176. The summed E-state index contributed by atoms with van der Waals surface area (Å²) in [6.07, 6.45) is 0.889. The van der Waals surface area contributed by atoms with Gasteiger partial charge in [-0.3, -0.25) is 9.78 Å². The number of tetrazole rings is 1. The van der Waals surface area contributed by atoms with E-state index in [2.05, 4.69) is 30.8 Å². The van der Waals surface area contributed by atoms with Crippen LogP contribution in [0.1, 0.15) is 46.0 Å². The number of amides is 1. The summed E-state index contributed by atoms with van der Waals surface area (Å²) in [5, 5.41) is 25.4. The Morgan fingerprint density at radius 2 is 1.72 bits per heavy atom. The number of aliphatic hydroxyl groups is 1. The third kappa shape index (κ3) is 6.65. The number of para-hydroxylation sites is 3. The van der Waals surface area contributed by atoms with Crippen molar-refractivity contribution in [2.75, 3.05) is 11.1 Å². The number of thioether (sulfide) groups is 1. The van der Waals surface area contributed by atoms with Crippen molar-refractivity contribution in [2.45, 2.75) is 36.7 Å². The Labute approximate surface area is 268 Å². The molecule has 1 amide bonds. The summed E-state index contributed by atoms with van der Waals surface area (Å²) >= 11 is 1.51. The molecule has 1 aliphatic rings. The standard InChI is InChI=1S/C34H29N7O4S/c42-20-22-13-15-23(16-14-22)31-18-27(21-46-34-38-39-40-41(34)26-9-2-1-3-10-26)44-33(45-31)24-7-6-8-25(17-24)36-32(43)30-19-35-28-11-4-5-12-29(28)37-30/h1-17,19,27,31,33,42H,18,20-21H2,(H,36,43)/t27-,31+,33+/m1/s1. The molecule has 1 fully saturated rings. The summed E-state index contributed by atoms with van der Waals surface area (Å²) in [7, 11) is 0. The van der Waals surface area contributed by atoms with Crippen molar-refractivity contribution < 1.29 is 19.4 Å². The molecule has 46 heavy (non-hydrogen) atoms. The Bertz CT molecular complexity index is 1960. The third-order valence-corrected chi connectivity index (χ3v) is 8.60. The predicted octanol–water partition coefficient (Wildman–Crippen LogP) is 5.69. The number of aliphatic hydroxyl groups excluding tert-OH is 1. The maximum absolute atomic E-state index is 13.1. The summed E-state index contributed by atoms with van der Waals surface area (Å²) in [4.78, 5) is 21.9. The molecule has 1 saturated heterocycles. The molecule has 2 aromatic heterocycles. The van der Waals surface area contributed by atoms with Crippen LogP contribution in [0, 0.1) is 0 Å². The van der Waals surface area contributed by atoms with Gasteiger partial charge in [-0.2, -0.15) is 4.68 Å². The highest BCUT2D eigenvalue weighted by Crippen LogP contribution is 2.40. The Hall–Kier alpha value is -5.01. The average molecular weight is 632 g/mol. The van der Waals surface area contributed by atoms with Crippen LogP contribution in [0.3, 0.4) is 0 Å². The zero-order valence-corrected chi connectivity index (χ0v) is 25.3. The molecule has 230 valence electrons. The Morgan fingerprint density at radius 1 is 0.913 bits per heavy atom. The number of carbonyl (C=O) groups excluding carboxylic acids is 1. The summed E-state index contributed by atoms with van der Waals surface area (Å²) in [6.45, 7) is -0.0315. The third-order valence-electron chi connectivity index (χ3n) is 7.55. The van der Waals surface area contributed by atoms with Crippen LogP contribution in [0.15, 0.2) is 114 Å². The van der Waals surface area contributed by atoms with Gasteiger partial charge in [-0.15, -0.1) is 5.10 Å². The van der Waals surface area contributed by atoms with Crippen molar-refractivity contribution in [3.63, 3.8) is 0 Å². The lowest BCUT2D eigenvalue weighted by Crippen LogP contribution is -2.31. The number of fused-ring (bicyclic) bond motifs is 1. The summed E-state index contributed by atoms with van der Waals surface area (Å²) in [5.74, 6) is 0.211. The van der Waals surface area contributed by atoms with Gasteiger partial charge in [0.05, 0.1) is 41.7 Å². The summed E-state index contributed by atoms with van der Waals surface area (Å²) in [6, 6.07) is 32.3. The molecule has 0 aliphatic carbocycles. The number of aromatic nitrogens is 6. The first kappa shape index (κ1) is 29.7. The fourth-order valence-corrected chi connectivity index (χ4v) is 6.12. The first-order chi connectivity index (χ1) is 22.6. The minimum absolute atomic E-state index is 0.0315. The van der Waals surface area contributed by atoms with Crippen molar-refractivity contribution in [2.24, 2.45) is 0 Å². The monoisotopic (exact) mass is 631 g/mol. The van der Waals surface area contributed by atoms with Gasteiger partial charge >= 0.3 is 0 Å². The van der Waals surface area contributed by atoms with E-state index < -0.39 is 6.29 Å². The van der Waals surface area contributed by atoms with E-state index in [0.29, 0.717) is 28.5 Å². The molecular formula is C34H29N7O4S. The second kappa shape index (κ2) is 13.5. The summed E-state index contributed by atoms with van der Waals surface area (Å²) in [5.41, 5.74) is 5.59. The molecule has 0 radical (unpaired) electrons. The minimum atomic E-state index is -0.704. The lowest BCUT2D eigenvalue weighted by molar-refractivity contribution is -0.245. The summed E-state index contributed by atoms with van der Waals surface area (Å²) < 4.78 is 14.7. The van der Waals surface area contributed by atoms with E-state index >= 15 is 0 Å². The Morgan fingerprint density at radius 3 is 2.54 bits per heavy atom. The molecule has 12 heteroatoms. The molecule has 0 saturated carbocycles. The lowest BCUT2D eigenvalue weighted by Gasteiger charge is -2.36. The van der Waals surface area contributed by atoms with E-state index in [0.717, 1.165) is 27.9 Å². The quantitative estimate of drug-likeness (QED) is 0.192. The number of rotatable bonds is 9. The number of benzene rings is 4. The van der Waals surface area contributed by atoms with E-state index in [1.807, 2.05) is 97.1 Å². The number of nitrogens with zero attached hydrogens (tertiary/aromatic N) is 6. The highest BCUT2D eigenvalue weighted by Gasteiger charge is 2.33. The van der Waals surface area contributed by atoms with Gasteiger partial charge in [0, 0.05) is 23.4 Å². The molecule has 3 heterocycles. The van der Waals surface area contributed by atoms with Crippen LogP contribution in [-0.2, 0) is 16.1 Å². The van der Waals surface area contributed by atoms with Crippen LogP contribution in [0.25, 0.3) is 16.7 Å². The zero-order chi connectivity index (χ0) is 31.3. The second-order valence-electron chi connectivity index (χ2n) is 10.7. The smallest absolute Gasteiger partial charge is 0.275 e. The Kier molecular flexibility index (Phi) is 8.74. The van der Waals surface area contributed by atoms with Crippen LogP contribution in [0.2, 0.25) is 0 Å². The normalized spacial score (nSPS) is 18.0. The maximum atomic E-state index is 13.1. The van der Waals surface area contributed by atoms with E-state index in [1.54, 1.807) is 10.7 Å². The van der Waals surface area contributed by atoms with Crippen molar-refractivity contribution in [1.29, 1.82) is 0 Å². The van der Waals surface area contributed by atoms with Crippen LogP contribution < -0.4 is 5.32 Å². The van der Waals surface area contributed by atoms with Crippen molar-refractivity contribution in [3.05, 3.63) is 132 Å². The van der Waals surface area contributed by atoms with Gasteiger partial charge < -0.3 is 19.9 Å². The van der Waals surface area contributed by atoms with Gasteiger partial charge in [0.25, 0.3) is 5.91 Å². The van der Waals surface area contributed by atoms with E-state index in [9.17, 15) is 9.90 Å². The largest absolute Gasteiger partial charge is 0.392 e. The molecule has 1 aliphatic heterocycles. The molecule has 6 aromatic rings. The number of hydrogen-bond donors (Lipinski definition) is 2. The van der Waals surface area contributed by atoms with Crippen LogP contribution in [0.5, 0.6) is 0 Å². The lowest BCUT2D eigenvalue weighted by atomic mass is 10.0. The number of ether oxygens (including phenoxy) is 2. The molecule has 0 spiro atoms. The highest BCUT2D eigenvalue weighted by molar-refractivity contribution is 7.99. The van der Waals surface area contributed by atoms with Crippen molar-refractivity contribution in [3.8, 4) is 5.69 Å². The fourth-order valence-electron chi connectivity index (χ4n) is 5.22. The molecule has 11 nitrogen and oxygen atoms in total. The SMILES string of the molecule is O=C(Nc1cccc([C@H]2O[C@@H](CSc3nnnn3-c3ccccc3)C[C@@H](c3ccc(CO)cc3)O2)c1)c1cnc2ccccc2n1. The maximum Gasteiger partial charge on any atom is 0.275 e. The van der Waals surface area contributed by atoms with Gasteiger partial charge in [0.15, 0.2) is 6.29 Å². The van der Waals surface area contributed by atoms with E-state index in [-0.39, 0.29) is 30.4 Å². The second-order valence-corrected chi connectivity index (χ2v) is 11.7. The molecular weight excluding hydrogens is 602 g/mol. The molecule has 7 rings (SSSR count). The predicted molar refractivity (Wildman–Crippen MR) is 172 cm³/mol. The molecule has 3 atom stereocenters. The molecule has 0 unspecified atom stereocenters. The first-order valence-corrected chi connectivity index (χ1v) is 15.7. The highest BCUT2D eigenvalue weighted by atomic mass is 32.2. The number of hydrogen-bond acceptors (Lipinski definition) is 10. The van der Waals surface area contributed by atoms with Crippen LogP contribution in [0.4, 0.5) is 5.69 Å². The number of anilines is 1. The van der Waals surface area contributed by atoms with Gasteiger partial charge in [0.1, 0.15) is 5.69 Å². The molecule has 2 N–H and O–H groups in total. The average Bonchev–Trinajstić information content (AvgIpc) is 3.60. The molecule has 4 aromatic carbocycles. The minimum Gasteiger partial charge on any atom is -0.392 e. The van der Waals surface area contributed by atoms with Gasteiger partial charge in [-0.25, -0.2) is 4.98 Å². The van der Waals surface area contributed by atoms with Crippen molar-refractivity contribution >= 4 is 34.4 Å². The van der Waals surface area contributed by atoms with Gasteiger partial charge in [-0.05, 0) is 58.0 Å². The van der Waals surface area contributed by atoms with Crippen LogP contribution in [-0.4, -0.2) is 53.0 Å². The van der Waals surface area contributed by atoms with Gasteiger partial charge in [0.2, 0.25) is 5.16 Å². The number of nitrogens with one attached hydrogen (secondary N) is 1. The Balaban J connectivity index is 1.11. The van der Waals surface area contributed by atoms with Gasteiger partial charge in [-0.1, -0.05) is 78.5 Å². The van der Waals surface area contributed by atoms with E-state index in [1.165, 1.54) is 18.0 Å². The van der Waals surface area contributed by atoms with Crippen molar-refractivity contribution in [1.82, 2.24) is 30.2 Å². The molecule has 0 bridgehead atoms.